The van der Waals surface area contributed by atoms with Crippen molar-refractivity contribution in [2.45, 2.75) is 64.1 Å². The minimum atomic E-state index is -0.470. The number of aliphatic hydroxyl groups is 1. The van der Waals surface area contributed by atoms with Crippen LogP contribution in [0.15, 0.2) is 6.07 Å². The van der Waals surface area contributed by atoms with Crippen molar-refractivity contribution >= 4 is 5.91 Å². The van der Waals surface area contributed by atoms with Crippen molar-refractivity contribution < 1.29 is 9.90 Å². The summed E-state index contributed by atoms with van der Waals surface area (Å²) in [5.41, 5.74) is 4.60. The third kappa shape index (κ3) is 2.57. The van der Waals surface area contributed by atoms with Crippen molar-refractivity contribution in [2.75, 3.05) is 6.54 Å². The van der Waals surface area contributed by atoms with Gasteiger partial charge in [-0.1, -0.05) is 6.42 Å². The number of nitrogens with zero attached hydrogens (tertiary/aromatic N) is 4. The molecule has 0 saturated heterocycles. The molecule has 1 atom stereocenters. The van der Waals surface area contributed by atoms with Crippen LogP contribution in [0.2, 0.25) is 0 Å². The predicted octanol–water partition coefficient (Wildman–Crippen LogP) is 1.97. The van der Waals surface area contributed by atoms with E-state index in [-0.39, 0.29) is 5.91 Å². The SMILES string of the molecule is O=C(c1n[nH]c2c1CCC2)N1CCCn2nc([C@H](O)C3CCC3)cc2C1. The number of carbonyl (C=O) groups is 1. The topological polar surface area (TPSA) is 87.0 Å². The Kier molecular flexibility index (Phi) is 3.85. The normalized spacial score (nSPS) is 21.0. The molecule has 0 spiro atoms. The minimum absolute atomic E-state index is 0.0140. The fourth-order valence-corrected chi connectivity index (χ4v) is 4.45. The summed E-state index contributed by atoms with van der Waals surface area (Å²) >= 11 is 0. The van der Waals surface area contributed by atoms with Gasteiger partial charge in [0.15, 0.2) is 5.69 Å². The van der Waals surface area contributed by atoms with Gasteiger partial charge in [0.1, 0.15) is 6.10 Å². The Bertz CT molecular complexity index is 835. The van der Waals surface area contributed by atoms with Gasteiger partial charge in [-0.05, 0) is 50.5 Å². The molecule has 3 heterocycles. The highest BCUT2D eigenvalue weighted by molar-refractivity contribution is 5.94. The molecule has 2 aromatic rings. The number of aromatic nitrogens is 4. The first-order valence-electron chi connectivity index (χ1n) is 9.81. The Morgan fingerprint density at radius 2 is 2.12 bits per heavy atom. The molecule has 26 heavy (non-hydrogen) atoms. The summed E-state index contributed by atoms with van der Waals surface area (Å²) in [7, 11) is 0. The van der Waals surface area contributed by atoms with Crippen molar-refractivity contribution in [1.82, 2.24) is 24.9 Å². The van der Waals surface area contributed by atoms with Crippen molar-refractivity contribution in [3.05, 3.63) is 34.4 Å². The largest absolute Gasteiger partial charge is 0.386 e. The number of H-pyrrole nitrogens is 1. The summed E-state index contributed by atoms with van der Waals surface area (Å²) in [5, 5.41) is 22.5. The molecule has 1 amide bonds. The maximum absolute atomic E-state index is 13.1. The molecule has 7 nitrogen and oxygen atoms in total. The quantitative estimate of drug-likeness (QED) is 0.881. The number of hydrogen-bond donors (Lipinski definition) is 2. The number of amides is 1. The predicted molar refractivity (Wildman–Crippen MR) is 94.5 cm³/mol. The fourth-order valence-electron chi connectivity index (χ4n) is 4.45. The maximum atomic E-state index is 13.1. The van der Waals surface area contributed by atoms with E-state index in [1.165, 1.54) is 6.42 Å². The molecule has 2 aromatic heterocycles. The number of rotatable bonds is 3. The van der Waals surface area contributed by atoms with Crippen LogP contribution in [-0.2, 0) is 25.9 Å². The lowest BCUT2D eigenvalue weighted by Crippen LogP contribution is -2.31. The van der Waals surface area contributed by atoms with Crippen LogP contribution in [-0.4, -0.2) is 42.4 Å². The summed E-state index contributed by atoms with van der Waals surface area (Å²) in [4.78, 5) is 14.9. The highest BCUT2D eigenvalue weighted by atomic mass is 16.3. The van der Waals surface area contributed by atoms with E-state index in [2.05, 4.69) is 15.3 Å². The van der Waals surface area contributed by atoms with Gasteiger partial charge < -0.3 is 10.0 Å². The third-order valence-corrected chi connectivity index (χ3v) is 6.23. The first-order valence-corrected chi connectivity index (χ1v) is 9.81. The van der Waals surface area contributed by atoms with Crippen molar-refractivity contribution in [3.63, 3.8) is 0 Å². The molecule has 138 valence electrons. The molecule has 2 N–H and O–H groups in total. The summed E-state index contributed by atoms with van der Waals surface area (Å²) in [6.45, 7) is 2.03. The van der Waals surface area contributed by atoms with Gasteiger partial charge in [-0.15, -0.1) is 0 Å². The lowest BCUT2D eigenvalue weighted by atomic mass is 9.80. The van der Waals surface area contributed by atoms with Gasteiger partial charge in [0.05, 0.1) is 17.9 Å². The molecule has 1 aliphatic heterocycles. The molecule has 1 fully saturated rings. The smallest absolute Gasteiger partial charge is 0.274 e. The number of hydrogen-bond acceptors (Lipinski definition) is 4. The first-order chi connectivity index (χ1) is 12.7. The van der Waals surface area contributed by atoms with E-state index >= 15 is 0 Å². The molecule has 0 aromatic carbocycles. The standard InChI is InChI=1S/C19H25N5O2/c25-18(12-4-1-5-12)16-10-13-11-23(8-3-9-24(13)22-16)19(26)17-14-6-2-7-15(14)20-21-17/h10,12,18,25H,1-9,11H2,(H,20,21)/t18-/m1/s1. The van der Waals surface area contributed by atoms with E-state index in [1.807, 2.05) is 15.6 Å². The van der Waals surface area contributed by atoms with E-state index in [0.717, 1.165) is 67.7 Å². The molecule has 0 bridgehead atoms. The van der Waals surface area contributed by atoms with E-state index < -0.39 is 6.10 Å². The number of aryl methyl sites for hydroxylation is 2. The Labute approximate surface area is 152 Å². The van der Waals surface area contributed by atoms with Crippen LogP contribution in [0.25, 0.3) is 0 Å². The van der Waals surface area contributed by atoms with Crippen LogP contribution in [0.4, 0.5) is 0 Å². The Morgan fingerprint density at radius 3 is 2.92 bits per heavy atom. The zero-order chi connectivity index (χ0) is 17.7. The van der Waals surface area contributed by atoms with Gasteiger partial charge in [-0.25, -0.2) is 0 Å². The van der Waals surface area contributed by atoms with Crippen molar-refractivity contribution in [1.29, 1.82) is 0 Å². The van der Waals surface area contributed by atoms with Crippen LogP contribution in [0, 0.1) is 5.92 Å². The van der Waals surface area contributed by atoms with Gasteiger partial charge in [0.25, 0.3) is 5.91 Å². The fraction of sp³-hybridized carbons (Fsp3) is 0.632. The zero-order valence-electron chi connectivity index (χ0n) is 14.9. The third-order valence-electron chi connectivity index (χ3n) is 6.23. The van der Waals surface area contributed by atoms with E-state index in [9.17, 15) is 9.90 Å². The molecule has 0 radical (unpaired) electrons. The summed E-state index contributed by atoms with van der Waals surface area (Å²) < 4.78 is 1.97. The van der Waals surface area contributed by atoms with Crippen LogP contribution in [0.5, 0.6) is 0 Å². The molecule has 5 rings (SSSR count). The van der Waals surface area contributed by atoms with Crippen LogP contribution in [0.3, 0.4) is 0 Å². The second-order valence-corrected chi connectivity index (χ2v) is 7.88. The number of carbonyl (C=O) groups excluding carboxylic acids is 1. The average molecular weight is 355 g/mol. The average Bonchev–Trinajstić information content (AvgIpc) is 3.25. The Hall–Kier alpha value is -2.15. The molecule has 3 aliphatic rings. The molecule has 7 heteroatoms. The number of fused-ring (bicyclic) bond motifs is 2. The molecular weight excluding hydrogens is 330 g/mol. The number of nitrogens with one attached hydrogen (secondary N) is 1. The molecule has 2 aliphatic carbocycles. The van der Waals surface area contributed by atoms with Crippen LogP contribution < -0.4 is 0 Å². The lowest BCUT2D eigenvalue weighted by Gasteiger charge is -2.29. The van der Waals surface area contributed by atoms with E-state index in [1.54, 1.807) is 0 Å². The second kappa shape index (κ2) is 6.23. The zero-order valence-corrected chi connectivity index (χ0v) is 14.9. The van der Waals surface area contributed by atoms with Crippen LogP contribution in [0.1, 0.15) is 71.3 Å². The van der Waals surface area contributed by atoms with Gasteiger partial charge in [-0.3, -0.25) is 14.6 Å². The Morgan fingerprint density at radius 1 is 1.23 bits per heavy atom. The van der Waals surface area contributed by atoms with E-state index in [4.69, 9.17) is 0 Å². The highest BCUT2D eigenvalue weighted by Crippen LogP contribution is 2.37. The molecule has 1 saturated carbocycles. The van der Waals surface area contributed by atoms with Crippen molar-refractivity contribution in [2.24, 2.45) is 5.92 Å². The summed E-state index contributed by atoms with van der Waals surface area (Å²) in [6.07, 6.45) is 6.79. The van der Waals surface area contributed by atoms with Gasteiger partial charge >= 0.3 is 0 Å². The second-order valence-electron chi connectivity index (χ2n) is 7.88. The summed E-state index contributed by atoms with van der Waals surface area (Å²) in [5.74, 6) is 0.360. The molecular formula is C19H25N5O2. The Balaban J connectivity index is 1.37. The summed E-state index contributed by atoms with van der Waals surface area (Å²) in [6, 6.07) is 1.99. The van der Waals surface area contributed by atoms with E-state index in [0.29, 0.717) is 24.7 Å². The lowest BCUT2D eigenvalue weighted by molar-refractivity contribution is 0.0580. The van der Waals surface area contributed by atoms with Gasteiger partial charge in [-0.2, -0.15) is 10.2 Å². The van der Waals surface area contributed by atoms with Crippen molar-refractivity contribution in [3.8, 4) is 0 Å². The van der Waals surface area contributed by atoms with Crippen LogP contribution >= 0.6 is 0 Å². The molecule has 0 unspecified atom stereocenters. The number of aromatic amines is 1. The van der Waals surface area contributed by atoms with Gasteiger partial charge in [0.2, 0.25) is 0 Å². The first kappa shape index (κ1) is 16.1. The van der Waals surface area contributed by atoms with Gasteiger partial charge in [0, 0.05) is 24.3 Å². The highest BCUT2D eigenvalue weighted by Gasteiger charge is 2.31. The maximum Gasteiger partial charge on any atom is 0.274 e. The number of aliphatic hydroxyl groups excluding tert-OH is 1. The monoisotopic (exact) mass is 355 g/mol. The minimum Gasteiger partial charge on any atom is -0.386 e.